The number of rotatable bonds is 16. The number of esters is 2. The van der Waals surface area contributed by atoms with Crippen molar-refractivity contribution in [2.24, 2.45) is 0 Å². The van der Waals surface area contributed by atoms with Crippen LogP contribution in [0.4, 0.5) is 0 Å². The summed E-state index contributed by atoms with van der Waals surface area (Å²) >= 11 is 0. The lowest BCUT2D eigenvalue weighted by Crippen LogP contribution is -2.64. The van der Waals surface area contributed by atoms with Crippen molar-refractivity contribution >= 4 is 24.1 Å². The second-order valence-electron chi connectivity index (χ2n) is 17.8. The Morgan fingerprint density at radius 1 is 0.592 bits per heavy atom. The topological polar surface area (TPSA) is 410 Å². The summed E-state index contributed by atoms with van der Waals surface area (Å²) in [5.74, 6) is -4.59. The molecular formula is C50H54O26. The summed E-state index contributed by atoms with van der Waals surface area (Å²) in [6.07, 6.45) is -26.4. The van der Waals surface area contributed by atoms with E-state index in [0.29, 0.717) is 0 Å². The molecule has 410 valence electrons. The molecule has 0 radical (unpaired) electrons. The van der Waals surface area contributed by atoms with E-state index >= 15 is 0 Å². The molecule has 4 aliphatic rings. The number of ether oxygens (including phenoxy) is 10. The molecule has 76 heavy (non-hydrogen) atoms. The minimum atomic E-state index is -2.14. The summed E-state index contributed by atoms with van der Waals surface area (Å²) in [5.41, 5.74) is 0.355. The minimum absolute atomic E-state index is 0.0149. The number of hydrogen-bond donors (Lipinski definition) is 14. The zero-order valence-corrected chi connectivity index (χ0v) is 39.7. The Morgan fingerprint density at radius 2 is 1.22 bits per heavy atom. The van der Waals surface area contributed by atoms with Crippen LogP contribution in [-0.2, 0) is 38.0 Å². The van der Waals surface area contributed by atoms with Crippen LogP contribution in [0.1, 0.15) is 33.2 Å². The lowest BCUT2D eigenvalue weighted by Gasteiger charge is -2.46. The molecule has 4 heterocycles. The van der Waals surface area contributed by atoms with Gasteiger partial charge in [0.05, 0.1) is 24.8 Å². The van der Waals surface area contributed by atoms with Crippen LogP contribution in [0.15, 0.2) is 84.6 Å². The van der Waals surface area contributed by atoms with Gasteiger partial charge in [-0.05, 0) is 66.2 Å². The summed E-state index contributed by atoms with van der Waals surface area (Å²) < 4.78 is 58.3. The molecule has 4 aromatic rings. The summed E-state index contributed by atoms with van der Waals surface area (Å²) in [4.78, 5) is 25.8. The number of aliphatic hydroxyl groups excluding tert-OH is 9. The first-order valence-corrected chi connectivity index (χ1v) is 23.2. The maximum Gasteiger partial charge on any atom is 0.338 e. The number of hydrogen-bond acceptors (Lipinski definition) is 26. The summed E-state index contributed by atoms with van der Waals surface area (Å²) in [5, 5.41) is 149. The standard InChI is InChI=1S/C50H54O26/c1-67-31-13-22(6-10-27(31)55)45-32(16-25-29(70-45)14-24(53)15-30(25)71-48-43(64)40(61)37(58)33(17-51)73-48)72-50-46(42(63)39(60)34(75-50)18-68-36(57)11-3-20-2-9-26(54)28(56)12-20)76-49-44(65)41(62)38(59)35(74-49)19-69-47(66)21-4-7-23(52)8-5-21/h2-16,33-35,37-46,48-56,58-65H,17-19H2,1H3. The highest BCUT2D eigenvalue weighted by Gasteiger charge is 2.53. The lowest BCUT2D eigenvalue weighted by atomic mass is 9.97. The molecule has 14 N–H and O–H groups in total. The highest BCUT2D eigenvalue weighted by molar-refractivity contribution is 5.89. The van der Waals surface area contributed by atoms with Crippen LogP contribution in [0.3, 0.4) is 0 Å². The molecule has 8 rings (SSSR count). The fraction of sp³-hybridized carbons (Fsp3) is 0.400. The van der Waals surface area contributed by atoms with E-state index in [1.165, 1.54) is 73.9 Å². The zero-order chi connectivity index (χ0) is 54.7. The van der Waals surface area contributed by atoms with Gasteiger partial charge in [-0.2, -0.15) is 0 Å². The third-order valence-electron chi connectivity index (χ3n) is 12.6. The first-order chi connectivity index (χ1) is 36.2. The Kier molecular flexibility index (Phi) is 17.1. The minimum Gasteiger partial charge on any atom is -0.508 e. The monoisotopic (exact) mass is 1070 g/mol. The number of methoxy groups -OCH3 is 1. The molecule has 26 heteroatoms. The maximum atomic E-state index is 13.0. The lowest BCUT2D eigenvalue weighted by molar-refractivity contribution is -0.364. The second kappa shape index (κ2) is 23.5. The SMILES string of the molecule is COc1cc(C2Oc3cc(O)cc(OC4OC(CO)C(O)C(O)C4O)c3C=C2OC2OC(COC(=O)C=Cc3ccc(O)c(O)c3)C(O)C(O)C2OC2OC(COC(=O)c3ccc(O)cc3)C(O)C(O)C2O)ccc1O. The van der Waals surface area contributed by atoms with E-state index in [-0.39, 0.29) is 56.8 Å². The highest BCUT2D eigenvalue weighted by Crippen LogP contribution is 2.47. The zero-order valence-electron chi connectivity index (χ0n) is 39.7. The van der Waals surface area contributed by atoms with Gasteiger partial charge in [0.2, 0.25) is 12.6 Å². The Morgan fingerprint density at radius 3 is 1.91 bits per heavy atom. The molecule has 4 aliphatic heterocycles. The predicted octanol–water partition coefficient (Wildman–Crippen LogP) is -1.35. The van der Waals surface area contributed by atoms with Crippen molar-refractivity contribution in [1.82, 2.24) is 0 Å². The fourth-order valence-corrected chi connectivity index (χ4v) is 8.40. The van der Waals surface area contributed by atoms with Gasteiger partial charge in [0, 0.05) is 23.8 Å². The number of aliphatic hydroxyl groups is 9. The van der Waals surface area contributed by atoms with Crippen LogP contribution in [0.5, 0.6) is 46.0 Å². The van der Waals surface area contributed by atoms with Crippen molar-refractivity contribution in [3.05, 3.63) is 107 Å². The number of aromatic hydroxyl groups is 5. The second-order valence-corrected chi connectivity index (χ2v) is 17.8. The molecule has 0 saturated carbocycles. The largest absolute Gasteiger partial charge is 0.508 e. The van der Waals surface area contributed by atoms with Gasteiger partial charge >= 0.3 is 11.9 Å². The van der Waals surface area contributed by atoms with E-state index in [0.717, 1.165) is 24.3 Å². The van der Waals surface area contributed by atoms with Crippen LogP contribution < -0.4 is 14.2 Å². The van der Waals surface area contributed by atoms with Gasteiger partial charge in [0.1, 0.15) is 109 Å². The van der Waals surface area contributed by atoms with Crippen LogP contribution in [-0.4, -0.2) is 202 Å². The Labute approximate surface area is 429 Å². The Hall–Kier alpha value is -7.02. The molecule has 3 fully saturated rings. The normalized spacial score (nSPS) is 31.3. The van der Waals surface area contributed by atoms with Crippen molar-refractivity contribution in [3.63, 3.8) is 0 Å². The van der Waals surface area contributed by atoms with Crippen molar-refractivity contribution < 1.29 is 128 Å². The number of benzene rings is 4. The number of phenolic OH excluding ortho intramolecular Hbond substituents is 5. The van der Waals surface area contributed by atoms with E-state index in [1.54, 1.807) is 0 Å². The van der Waals surface area contributed by atoms with Gasteiger partial charge in [0.15, 0.2) is 41.5 Å². The van der Waals surface area contributed by atoms with Crippen LogP contribution >= 0.6 is 0 Å². The molecule has 16 unspecified atom stereocenters. The molecule has 0 aromatic heterocycles. The predicted molar refractivity (Wildman–Crippen MR) is 250 cm³/mol. The first-order valence-electron chi connectivity index (χ1n) is 23.2. The highest BCUT2D eigenvalue weighted by atomic mass is 16.8. The van der Waals surface area contributed by atoms with Crippen LogP contribution in [0.25, 0.3) is 12.2 Å². The van der Waals surface area contributed by atoms with Gasteiger partial charge in [-0.3, -0.25) is 0 Å². The maximum absolute atomic E-state index is 13.0. The van der Waals surface area contributed by atoms with E-state index in [9.17, 15) is 81.1 Å². The Bertz CT molecular complexity index is 2750. The smallest absolute Gasteiger partial charge is 0.338 e. The van der Waals surface area contributed by atoms with Crippen LogP contribution in [0, 0.1) is 0 Å². The quantitative estimate of drug-likeness (QED) is 0.0350. The van der Waals surface area contributed by atoms with E-state index < -0.39 is 147 Å². The van der Waals surface area contributed by atoms with Crippen molar-refractivity contribution in [1.29, 1.82) is 0 Å². The summed E-state index contributed by atoms with van der Waals surface area (Å²) in [7, 11) is 1.26. The number of phenols is 5. The van der Waals surface area contributed by atoms with Gasteiger partial charge in [-0.1, -0.05) is 12.1 Å². The molecule has 4 aromatic carbocycles. The van der Waals surface area contributed by atoms with Crippen molar-refractivity contribution in [2.45, 2.75) is 98.2 Å². The van der Waals surface area contributed by atoms with E-state index in [4.69, 9.17) is 47.4 Å². The van der Waals surface area contributed by atoms with Gasteiger partial charge < -0.3 is 119 Å². The third-order valence-corrected chi connectivity index (χ3v) is 12.6. The summed E-state index contributed by atoms with van der Waals surface area (Å²) in [6.45, 7) is -2.37. The number of carbonyl (C=O) groups is 2. The molecular weight excluding hydrogens is 1020 g/mol. The third kappa shape index (κ3) is 12.0. The van der Waals surface area contributed by atoms with Crippen LogP contribution in [0.2, 0.25) is 0 Å². The number of fused-ring (bicyclic) bond motifs is 1. The number of carbonyl (C=O) groups excluding carboxylic acids is 2. The molecule has 0 bridgehead atoms. The van der Waals surface area contributed by atoms with Gasteiger partial charge in [-0.15, -0.1) is 0 Å². The molecule has 0 aliphatic carbocycles. The molecule has 26 nitrogen and oxygen atoms in total. The molecule has 0 spiro atoms. The van der Waals surface area contributed by atoms with Gasteiger partial charge in [0.25, 0.3) is 0 Å². The van der Waals surface area contributed by atoms with Crippen molar-refractivity contribution in [3.8, 4) is 46.0 Å². The van der Waals surface area contributed by atoms with E-state index in [2.05, 4.69) is 0 Å². The Balaban J connectivity index is 1.14. The van der Waals surface area contributed by atoms with Crippen molar-refractivity contribution in [2.75, 3.05) is 26.9 Å². The molecule has 3 saturated heterocycles. The van der Waals surface area contributed by atoms with Gasteiger partial charge in [-0.25, -0.2) is 9.59 Å². The molecule has 16 atom stereocenters. The summed E-state index contributed by atoms with van der Waals surface area (Å²) in [6, 6.07) is 14.8. The first kappa shape index (κ1) is 55.2. The fourth-order valence-electron chi connectivity index (χ4n) is 8.40. The molecule has 0 amide bonds. The average Bonchev–Trinajstić information content (AvgIpc) is 3.42. The average molecular weight is 1070 g/mol. The van der Waals surface area contributed by atoms with E-state index in [1.807, 2.05) is 0 Å².